The first-order chi connectivity index (χ1) is 9.74. The summed E-state index contributed by atoms with van der Waals surface area (Å²) in [5, 5.41) is 0. The molecule has 5 heteroatoms. The highest BCUT2D eigenvalue weighted by Gasteiger charge is 2.44. The molecule has 1 fully saturated rings. The molecule has 2 aliphatic heterocycles. The Kier molecular flexibility index (Phi) is 2.24. The molecule has 1 aromatic rings. The lowest BCUT2D eigenvalue weighted by Crippen LogP contribution is -2.30. The SMILES string of the molecule is Nc1ccc(N2CC(=O)N3C4=CC=CCC4N=C32)cc1. The van der Waals surface area contributed by atoms with Crippen molar-refractivity contribution in [1.29, 1.82) is 0 Å². The number of nitrogen functional groups attached to an aromatic ring is 1. The van der Waals surface area contributed by atoms with Gasteiger partial charge in [0, 0.05) is 11.4 Å². The minimum Gasteiger partial charge on any atom is -0.399 e. The van der Waals surface area contributed by atoms with Crippen LogP contribution in [0.15, 0.2) is 53.2 Å². The molecule has 4 rings (SSSR count). The number of guanidine groups is 1. The Morgan fingerprint density at radius 1 is 1.25 bits per heavy atom. The van der Waals surface area contributed by atoms with Crippen molar-refractivity contribution >= 4 is 23.2 Å². The molecule has 5 nitrogen and oxygen atoms in total. The Hall–Kier alpha value is -2.56. The van der Waals surface area contributed by atoms with Crippen LogP contribution in [0.3, 0.4) is 0 Å². The van der Waals surface area contributed by atoms with Gasteiger partial charge in [-0.1, -0.05) is 12.2 Å². The molecular weight excluding hydrogens is 252 g/mol. The van der Waals surface area contributed by atoms with E-state index in [1.54, 1.807) is 4.90 Å². The number of anilines is 2. The summed E-state index contributed by atoms with van der Waals surface area (Å²) in [5.41, 5.74) is 8.36. The third kappa shape index (κ3) is 1.49. The van der Waals surface area contributed by atoms with Gasteiger partial charge >= 0.3 is 0 Å². The topological polar surface area (TPSA) is 61.9 Å². The van der Waals surface area contributed by atoms with E-state index >= 15 is 0 Å². The van der Waals surface area contributed by atoms with Crippen molar-refractivity contribution in [2.24, 2.45) is 4.99 Å². The van der Waals surface area contributed by atoms with Crippen LogP contribution < -0.4 is 10.6 Å². The first-order valence-electron chi connectivity index (χ1n) is 6.64. The van der Waals surface area contributed by atoms with Gasteiger partial charge in [-0.25, -0.2) is 4.99 Å². The van der Waals surface area contributed by atoms with Gasteiger partial charge in [0.2, 0.25) is 5.96 Å². The highest BCUT2D eigenvalue weighted by molar-refractivity contribution is 6.17. The van der Waals surface area contributed by atoms with Gasteiger partial charge in [0.1, 0.15) is 6.54 Å². The fraction of sp³-hybridized carbons (Fsp3) is 0.200. The van der Waals surface area contributed by atoms with Crippen molar-refractivity contribution in [1.82, 2.24) is 4.90 Å². The van der Waals surface area contributed by atoms with Gasteiger partial charge in [0.05, 0.1) is 11.7 Å². The Morgan fingerprint density at radius 2 is 2.05 bits per heavy atom. The second-order valence-corrected chi connectivity index (χ2v) is 5.11. The van der Waals surface area contributed by atoms with Crippen molar-refractivity contribution in [3.8, 4) is 0 Å². The summed E-state index contributed by atoms with van der Waals surface area (Å²) in [6.07, 6.45) is 6.91. The summed E-state index contributed by atoms with van der Waals surface area (Å²) in [6, 6.07) is 7.60. The lowest BCUT2D eigenvalue weighted by Gasteiger charge is -2.18. The Balaban J connectivity index is 1.75. The van der Waals surface area contributed by atoms with Crippen LogP contribution in [-0.2, 0) is 4.79 Å². The number of nitrogens with zero attached hydrogens (tertiary/aromatic N) is 3. The van der Waals surface area contributed by atoms with Gasteiger partial charge < -0.3 is 10.6 Å². The molecule has 2 N–H and O–H groups in total. The van der Waals surface area contributed by atoms with Crippen molar-refractivity contribution in [3.05, 3.63) is 48.2 Å². The zero-order chi connectivity index (χ0) is 13.7. The van der Waals surface area contributed by atoms with Crippen LogP contribution in [0.25, 0.3) is 0 Å². The zero-order valence-corrected chi connectivity index (χ0v) is 10.9. The third-order valence-corrected chi connectivity index (χ3v) is 3.82. The Bertz CT molecular complexity index is 672. The fourth-order valence-corrected chi connectivity index (χ4v) is 2.84. The molecule has 1 aliphatic carbocycles. The van der Waals surface area contributed by atoms with Crippen molar-refractivity contribution in [2.75, 3.05) is 17.2 Å². The van der Waals surface area contributed by atoms with Crippen LogP contribution in [0.2, 0.25) is 0 Å². The number of fused-ring (bicyclic) bond motifs is 3. The molecule has 0 radical (unpaired) electrons. The normalized spacial score (nSPS) is 23.6. The summed E-state index contributed by atoms with van der Waals surface area (Å²) in [6.45, 7) is 0.330. The summed E-state index contributed by atoms with van der Waals surface area (Å²) in [5.74, 6) is 0.810. The molecule has 1 atom stereocenters. The van der Waals surface area contributed by atoms with Gasteiger partial charge in [-0.2, -0.15) is 0 Å². The lowest BCUT2D eigenvalue weighted by molar-refractivity contribution is -0.123. The molecule has 1 unspecified atom stereocenters. The average molecular weight is 266 g/mol. The Morgan fingerprint density at radius 3 is 2.85 bits per heavy atom. The van der Waals surface area contributed by atoms with Crippen LogP contribution in [0.4, 0.5) is 11.4 Å². The molecule has 1 amide bonds. The maximum Gasteiger partial charge on any atom is 0.253 e. The molecule has 0 bridgehead atoms. The van der Waals surface area contributed by atoms with Crippen LogP contribution in [0, 0.1) is 0 Å². The summed E-state index contributed by atoms with van der Waals surface area (Å²) in [7, 11) is 0. The van der Waals surface area contributed by atoms with E-state index in [1.807, 2.05) is 41.3 Å². The molecular formula is C15H14N4O. The number of allylic oxidation sites excluding steroid dienone is 2. The van der Waals surface area contributed by atoms with E-state index in [0.29, 0.717) is 12.2 Å². The van der Waals surface area contributed by atoms with E-state index in [1.165, 1.54) is 0 Å². The number of hydrogen-bond acceptors (Lipinski definition) is 4. The van der Waals surface area contributed by atoms with Crippen LogP contribution in [0.1, 0.15) is 6.42 Å². The molecule has 3 aliphatic rings. The maximum atomic E-state index is 12.3. The second kappa shape index (κ2) is 3.96. The average Bonchev–Trinajstić information content (AvgIpc) is 2.98. The number of nitrogens with two attached hydrogens (primary N) is 1. The van der Waals surface area contributed by atoms with Gasteiger partial charge in [-0.05, 0) is 36.8 Å². The molecule has 0 saturated carbocycles. The summed E-state index contributed by atoms with van der Waals surface area (Å²) >= 11 is 0. The first kappa shape index (κ1) is 11.3. The standard InChI is InChI=1S/C15H14N4O/c16-10-5-7-11(8-6-10)18-9-14(20)19-13-4-2-1-3-12(13)17-15(18)19/h1-2,4-8,12H,3,9,16H2. The van der Waals surface area contributed by atoms with Gasteiger partial charge in [0.15, 0.2) is 0 Å². The number of carbonyl (C=O) groups excluding carboxylic acids is 1. The minimum absolute atomic E-state index is 0.0737. The fourth-order valence-electron chi connectivity index (χ4n) is 2.84. The van der Waals surface area contributed by atoms with E-state index < -0.39 is 0 Å². The van der Waals surface area contributed by atoms with E-state index in [4.69, 9.17) is 10.7 Å². The minimum atomic E-state index is 0.0737. The predicted molar refractivity (Wildman–Crippen MR) is 78.1 cm³/mol. The van der Waals surface area contributed by atoms with E-state index in [-0.39, 0.29) is 11.9 Å². The maximum absolute atomic E-state index is 12.3. The van der Waals surface area contributed by atoms with E-state index in [2.05, 4.69) is 6.08 Å². The molecule has 1 saturated heterocycles. The monoisotopic (exact) mass is 266 g/mol. The molecule has 0 aromatic heterocycles. The molecule has 20 heavy (non-hydrogen) atoms. The van der Waals surface area contributed by atoms with Crippen molar-refractivity contribution in [2.45, 2.75) is 12.5 Å². The van der Waals surface area contributed by atoms with Crippen LogP contribution in [0.5, 0.6) is 0 Å². The number of amides is 1. The molecule has 0 spiro atoms. The highest BCUT2D eigenvalue weighted by Crippen LogP contribution is 2.34. The lowest BCUT2D eigenvalue weighted by atomic mass is 10.1. The van der Waals surface area contributed by atoms with Gasteiger partial charge in [-0.15, -0.1) is 0 Å². The third-order valence-electron chi connectivity index (χ3n) is 3.82. The van der Waals surface area contributed by atoms with Crippen LogP contribution >= 0.6 is 0 Å². The summed E-state index contributed by atoms with van der Waals surface area (Å²) in [4.78, 5) is 20.7. The number of rotatable bonds is 1. The van der Waals surface area contributed by atoms with E-state index in [9.17, 15) is 4.79 Å². The van der Waals surface area contributed by atoms with Crippen molar-refractivity contribution < 1.29 is 4.79 Å². The number of hydrogen-bond donors (Lipinski definition) is 1. The zero-order valence-electron chi connectivity index (χ0n) is 10.9. The molecule has 2 heterocycles. The van der Waals surface area contributed by atoms with E-state index in [0.717, 1.165) is 23.8 Å². The van der Waals surface area contributed by atoms with Gasteiger partial charge in [-0.3, -0.25) is 9.69 Å². The number of benzene rings is 1. The predicted octanol–water partition coefficient (Wildman–Crippen LogP) is 1.50. The second-order valence-electron chi connectivity index (χ2n) is 5.11. The first-order valence-corrected chi connectivity index (χ1v) is 6.64. The summed E-state index contributed by atoms with van der Waals surface area (Å²) < 4.78 is 0. The largest absolute Gasteiger partial charge is 0.399 e. The van der Waals surface area contributed by atoms with Crippen LogP contribution in [-0.4, -0.2) is 29.4 Å². The molecule has 100 valence electrons. The quantitative estimate of drug-likeness (QED) is 0.783. The number of carbonyl (C=O) groups is 1. The molecule has 1 aromatic carbocycles. The Labute approximate surface area is 116 Å². The number of aliphatic imine (C=N–C) groups is 1. The van der Waals surface area contributed by atoms with Crippen molar-refractivity contribution in [3.63, 3.8) is 0 Å². The van der Waals surface area contributed by atoms with Gasteiger partial charge in [0.25, 0.3) is 5.91 Å². The highest BCUT2D eigenvalue weighted by atomic mass is 16.2. The smallest absolute Gasteiger partial charge is 0.253 e.